The minimum Gasteiger partial charge on any atom is -0.480 e. The van der Waals surface area contributed by atoms with E-state index in [0.29, 0.717) is 10.2 Å². The molecule has 22 heavy (non-hydrogen) atoms. The van der Waals surface area contributed by atoms with Gasteiger partial charge in [0.05, 0.1) is 19.9 Å². The first-order chi connectivity index (χ1) is 10.5. The molecule has 2 rings (SSSR count). The van der Waals surface area contributed by atoms with Crippen molar-refractivity contribution in [2.45, 2.75) is 5.41 Å². The Morgan fingerprint density at radius 2 is 2.00 bits per heavy atom. The monoisotopic (exact) mass is 434 g/mol. The minimum absolute atomic E-state index is 0.0295. The highest BCUT2D eigenvalue weighted by Crippen LogP contribution is 2.37. The normalized spacial score (nSPS) is 21.5. The maximum atomic E-state index is 12.5. The SMILES string of the molecule is COc1nc(OC)c(Br)c(C2(C=CBr)CNC(=O)NC2=O)n1. The van der Waals surface area contributed by atoms with Crippen LogP contribution in [-0.2, 0) is 10.2 Å². The van der Waals surface area contributed by atoms with E-state index in [1.807, 2.05) is 0 Å². The number of halogens is 2. The second-order valence-electron chi connectivity index (χ2n) is 4.28. The van der Waals surface area contributed by atoms with Crippen LogP contribution in [0.1, 0.15) is 5.69 Å². The van der Waals surface area contributed by atoms with Crippen molar-refractivity contribution in [2.75, 3.05) is 20.8 Å². The number of hydrogen-bond acceptors (Lipinski definition) is 6. The number of carbonyl (C=O) groups excluding carboxylic acids is 2. The fraction of sp³-hybridized carbons (Fsp3) is 0.333. The molecule has 1 aliphatic heterocycles. The van der Waals surface area contributed by atoms with Gasteiger partial charge in [0.15, 0.2) is 0 Å². The predicted molar refractivity (Wildman–Crippen MR) is 84.1 cm³/mol. The minimum atomic E-state index is -1.24. The van der Waals surface area contributed by atoms with Crippen molar-refractivity contribution in [1.29, 1.82) is 0 Å². The van der Waals surface area contributed by atoms with Crippen molar-refractivity contribution in [2.24, 2.45) is 0 Å². The van der Waals surface area contributed by atoms with E-state index < -0.39 is 17.4 Å². The van der Waals surface area contributed by atoms with Gasteiger partial charge in [-0.2, -0.15) is 9.97 Å². The van der Waals surface area contributed by atoms with Crippen LogP contribution in [0.4, 0.5) is 4.79 Å². The third-order valence-electron chi connectivity index (χ3n) is 3.11. The molecule has 1 saturated heterocycles. The lowest BCUT2D eigenvalue weighted by Gasteiger charge is -2.33. The lowest BCUT2D eigenvalue weighted by molar-refractivity contribution is -0.124. The van der Waals surface area contributed by atoms with E-state index in [9.17, 15) is 9.59 Å². The summed E-state index contributed by atoms with van der Waals surface area (Å²) in [5, 5.41) is 4.81. The number of rotatable bonds is 4. The van der Waals surface area contributed by atoms with Crippen molar-refractivity contribution in [3.05, 3.63) is 21.2 Å². The van der Waals surface area contributed by atoms with Crippen LogP contribution in [0.3, 0.4) is 0 Å². The predicted octanol–water partition coefficient (Wildman–Crippen LogP) is 1.24. The number of nitrogens with zero attached hydrogens (tertiary/aromatic N) is 2. The van der Waals surface area contributed by atoms with Crippen molar-refractivity contribution < 1.29 is 19.1 Å². The Bertz CT molecular complexity index is 652. The van der Waals surface area contributed by atoms with Gasteiger partial charge < -0.3 is 14.8 Å². The van der Waals surface area contributed by atoms with Crippen LogP contribution in [0.2, 0.25) is 0 Å². The first-order valence-electron chi connectivity index (χ1n) is 6.01. The second kappa shape index (κ2) is 6.61. The maximum Gasteiger partial charge on any atom is 0.321 e. The van der Waals surface area contributed by atoms with Crippen LogP contribution in [0.25, 0.3) is 0 Å². The Balaban J connectivity index is 2.68. The molecule has 1 aromatic heterocycles. The van der Waals surface area contributed by atoms with E-state index >= 15 is 0 Å². The molecule has 1 fully saturated rings. The summed E-state index contributed by atoms with van der Waals surface area (Å²) in [4.78, 5) is 33.6. The zero-order valence-corrected chi connectivity index (χ0v) is 14.8. The highest BCUT2D eigenvalue weighted by Gasteiger charge is 2.46. The molecule has 1 aliphatic rings. The van der Waals surface area contributed by atoms with Gasteiger partial charge in [0.25, 0.3) is 0 Å². The van der Waals surface area contributed by atoms with E-state index in [1.54, 1.807) is 6.08 Å². The molecule has 118 valence electrons. The molecule has 1 atom stereocenters. The van der Waals surface area contributed by atoms with Crippen molar-refractivity contribution in [1.82, 2.24) is 20.6 Å². The quantitative estimate of drug-likeness (QED) is 0.737. The molecule has 2 heterocycles. The molecule has 0 bridgehead atoms. The summed E-state index contributed by atoms with van der Waals surface area (Å²) in [6.07, 6.45) is 1.58. The topological polar surface area (TPSA) is 102 Å². The summed E-state index contributed by atoms with van der Waals surface area (Å²) in [6, 6.07) is -0.519. The summed E-state index contributed by atoms with van der Waals surface area (Å²) in [7, 11) is 2.84. The first-order valence-corrected chi connectivity index (χ1v) is 7.72. The summed E-state index contributed by atoms with van der Waals surface area (Å²) >= 11 is 6.50. The first kappa shape index (κ1) is 16.7. The molecule has 2 N–H and O–H groups in total. The van der Waals surface area contributed by atoms with Crippen LogP contribution < -0.4 is 20.1 Å². The smallest absolute Gasteiger partial charge is 0.321 e. The largest absolute Gasteiger partial charge is 0.480 e. The van der Waals surface area contributed by atoms with E-state index in [1.165, 1.54) is 19.2 Å². The summed E-state index contributed by atoms with van der Waals surface area (Å²) in [5.41, 5.74) is -0.927. The molecule has 8 nitrogen and oxygen atoms in total. The van der Waals surface area contributed by atoms with E-state index in [4.69, 9.17) is 9.47 Å². The Morgan fingerprint density at radius 1 is 1.27 bits per heavy atom. The van der Waals surface area contributed by atoms with Crippen molar-refractivity contribution in [3.8, 4) is 11.9 Å². The highest BCUT2D eigenvalue weighted by atomic mass is 79.9. The Morgan fingerprint density at radius 3 is 2.55 bits per heavy atom. The van der Waals surface area contributed by atoms with Gasteiger partial charge in [-0.25, -0.2) is 4.79 Å². The molecule has 0 spiro atoms. The zero-order chi connectivity index (χ0) is 16.3. The molecule has 1 aromatic rings. The Hall–Kier alpha value is -1.68. The van der Waals surface area contributed by atoms with Gasteiger partial charge >= 0.3 is 12.0 Å². The van der Waals surface area contributed by atoms with Crippen LogP contribution in [0.15, 0.2) is 15.5 Å². The molecule has 1 unspecified atom stereocenters. The fourth-order valence-electron chi connectivity index (χ4n) is 2.00. The van der Waals surface area contributed by atoms with Gasteiger partial charge in [-0.05, 0) is 20.9 Å². The third kappa shape index (κ3) is 2.80. The molecule has 10 heteroatoms. The number of aromatic nitrogens is 2. The average Bonchev–Trinajstić information content (AvgIpc) is 2.51. The third-order valence-corrected chi connectivity index (χ3v) is 4.09. The number of urea groups is 1. The number of methoxy groups -OCH3 is 2. The molecule has 0 aromatic carbocycles. The summed E-state index contributed by atoms with van der Waals surface area (Å²) < 4.78 is 10.6. The molecular weight excluding hydrogens is 424 g/mol. The molecule has 3 amide bonds. The van der Waals surface area contributed by atoms with Crippen LogP contribution in [-0.4, -0.2) is 42.7 Å². The van der Waals surface area contributed by atoms with Crippen LogP contribution in [0.5, 0.6) is 11.9 Å². The number of nitrogens with one attached hydrogen (secondary N) is 2. The van der Waals surface area contributed by atoms with Crippen LogP contribution in [0, 0.1) is 0 Å². The number of ether oxygens (including phenoxy) is 2. The summed E-state index contributed by atoms with van der Waals surface area (Å²) in [6.45, 7) is 0.0295. The Kier molecular flexibility index (Phi) is 5.01. The van der Waals surface area contributed by atoms with E-state index in [0.717, 1.165) is 0 Å². The lowest BCUT2D eigenvalue weighted by atomic mass is 9.82. The van der Waals surface area contributed by atoms with Crippen LogP contribution >= 0.6 is 31.9 Å². The van der Waals surface area contributed by atoms with Gasteiger partial charge in [0.1, 0.15) is 9.89 Å². The second-order valence-corrected chi connectivity index (χ2v) is 5.60. The number of imide groups is 1. The van der Waals surface area contributed by atoms with Gasteiger partial charge in [0, 0.05) is 6.54 Å². The molecular formula is C12H12Br2N4O4. The zero-order valence-electron chi connectivity index (χ0n) is 11.6. The number of amides is 3. The molecule has 0 aliphatic carbocycles. The van der Waals surface area contributed by atoms with Gasteiger partial charge in [0.2, 0.25) is 11.8 Å². The van der Waals surface area contributed by atoms with Gasteiger partial charge in [-0.3, -0.25) is 10.1 Å². The summed E-state index contributed by atoms with van der Waals surface area (Å²) in [5.74, 6) is -0.302. The number of hydrogen-bond donors (Lipinski definition) is 2. The van der Waals surface area contributed by atoms with E-state index in [2.05, 4.69) is 52.5 Å². The highest BCUT2D eigenvalue weighted by molar-refractivity contribution is 9.11. The Labute approximate surface area is 142 Å². The average molecular weight is 436 g/mol. The fourth-order valence-corrected chi connectivity index (χ4v) is 3.14. The number of carbonyl (C=O) groups is 2. The molecule has 0 saturated carbocycles. The standard InChI is InChI=1S/C12H12Br2N4O4/c1-21-8-6(14)7(16-11(17-8)22-2)12(3-4-13)5-15-10(20)18-9(12)19/h3-4H,5H2,1-2H3,(H2,15,18,19,20). The van der Waals surface area contributed by atoms with Gasteiger partial charge in [-0.1, -0.05) is 22.0 Å². The lowest BCUT2D eigenvalue weighted by Crippen LogP contribution is -2.60. The van der Waals surface area contributed by atoms with Crippen molar-refractivity contribution in [3.63, 3.8) is 0 Å². The van der Waals surface area contributed by atoms with Crippen molar-refractivity contribution >= 4 is 43.8 Å². The van der Waals surface area contributed by atoms with E-state index in [-0.39, 0.29) is 18.4 Å². The molecule has 0 radical (unpaired) electrons. The maximum absolute atomic E-state index is 12.5. The van der Waals surface area contributed by atoms with Gasteiger partial charge in [-0.15, -0.1) is 0 Å².